The summed E-state index contributed by atoms with van der Waals surface area (Å²) >= 11 is 0. The molecule has 0 unspecified atom stereocenters. The highest BCUT2D eigenvalue weighted by molar-refractivity contribution is 5.79. The van der Waals surface area contributed by atoms with Gasteiger partial charge in [0.15, 0.2) is 0 Å². The summed E-state index contributed by atoms with van der Waals surface area (Å²) < 4.78 is 4.84. The van der Waals surface area contributed by atoms with E-state index in [0.29, 0.717) is 0 Å². The lowest BCUT2D eigenvalue weighted by Crippen LogP contribution is -2.38. The predicted molar refractivity (Wildman–Crippen MR) is 78.1 cm³/mol. The SMILES string of the molecule is C[C@H](N)C(=O)O.C[C@H](NC(=O)OCc1ccccc1)C(=O)O. The molecule has 0 heterocycles. The van der Waals surface area contributed by atoms with Gasteiger partial charge in [0, 0.05) is 0 Å². The molecule has 1 aromatic rings. The van der Waals surface area contributed by atoms with Gasteiger partial charge in [-0.25, -0.2) is 4.79 Å². The minimum Gasteiger partial charge on any atom is -0.480 e. The molecular weight excluding hydrogens is 292 g/mol. The molecule has 8 heteroatoms. The Morgan fingerprint density at radius 1 is 1.14 bits per heavy atom. The molecular formula is C14H20N2O6. The van der Waals surface area contributed by atoms with Crippen molar-refractivity contribution in [2.75, 3.05) is 0 Å². The maximum absolute atomic E-state index is 11.1. The summed E-state index contributed by atoms with van der Waals surface area (Å²) in [5.41, 5.74) is 5.68. The first-order valence-corrected chi connectivity index (χ1v) is 6.42. The van der Waals surface area contributed by atoms with Crippen molar-refractivity contribution in [3.63, 3.8) is 0 Å². The molecule has 0 saturated carbocycles. The van der Waals surface area contributed by atoms with Crippen molar-refractivity contribution in [3.05, 3.63) is 35.9 Å². The first-order valence-electron chi connectivity index (χ1n) is 6.42. The number of hydrogen-bond acceptors (Lipinski definition) is 5. The van der Waals surface area contributed by atoms with Crippen LogP contribution in [0.25, 0.3) is 0 Å². The number of carboxylic acid groups (broad SMARTS) is 2. The molecule has 5 N–H and O–H groups in total. The molecule has 0 bridgehead atoms. The van der Waals surface area contributed by atoms with Crippen LogP contribution in [0.5, 0.6) is 0 Å². The topological polar surface area (TPSA) is 139 Å². The van der Waals surface area contributed by atoms with Crippen LogP contribution in [-0.4, -0.2) is 40.3 Å². The van der Waals surface area contributed by atoms with E-state index in [1.165, 1.54) is 13.8 Å². The van der Waals surface area contributed by atoms with Gasteiger partial charge in [0.05, 0.1) is 0 Å². The molecule has 0 aromatic heterocycles. The van der Waals surface area contributed by atoms with Crippen LogP contribution >= 0.6 is 0 Å². The number of alkyl carbamates (subject to hydrolysis) is 1. The van der Waals surface area contributed by atoms with Gasteiger partial charge in [-0.3, -0.25) is 9.59 Å². The quantitative estimate of drug-likeness (QED) is 0.630. The van der Waals surface area contributed by atoms with Crippen molar-refractivity contribution in [1.82, 2.24) is 5.32 Å². The van der Waals surface area contributed by atoms with E-state index in [1.54, 1.807) is 0 Å². The molecule has 0 aliphatic carbocycles. The summed E-state index contributed by atoms with van der Waals surface area (Å²) in [6, 6.07) is 7.46. The van der Waals surface area contributed by atoms with E-state index >= 15 is 0 Å². The van der Waals surface area contributed by atoms with Crippen LogP contribution in [0.3, 0.4) is 0 Å². The van der Waals surface area contributed by atoms with Crippen molar-refractivity contribution < 1.29 is 29.3 Å². The number of nitrogens with two attached hydrogens (primary N) is 1. The Morgan fingerprint density at radius 3 is 2.05 bits per heavy atom. The number of benzene rings is 1. The van der Waals surface area contributed by atoms with Crippen LogP contribution in [0, 0.1) is 0 Å². The van der Waals surface area contributed by atoms with E-state index in [1.807, 2.05) is 30.3 Å². The zero-order valence-electron chi connectivity index (χ0n) is 12.4. The number of carbonyl (C=O) groups is 3. The van der Waals surface area contributed by atoms with Gasteiger partial charge in [0.1, 0.15) is 18.7 Å². The number of aliphatic carboxylic acids is 2. The fraction of sp³-hybridized carbons (Fsp3) is 0.357. The van der Waals surface area contributed by atoms with Crippen LogP contribution < -0.4 is 11.1 Å². The summed E-state index contributed by atoms with van der Waals surface area (Å²) in [4.78, 5) is 31.1. The Bertz CT molecular complexity index is 489. The second kappa shape index (κ2) is 10.2. The van der Waals surface area contributed by atoms with Crippen LogP contribution in [0.2, 0.25) is 0 Å². The van der Waals surface area contributed by atoms with Crippen LogP contribution in [0.1, 0.15) is 19.4 Å². The highest BCUT2D eigenvalue weighted by atomic mass is 16.5. The van der Waals surface area contributed by atoms with Gasteiger partial charge in [-0.2, -0.15) is 0 Å². The first-order chi connectivity index (χ1) is 10.2. The van der Waals surface area contributed by atoms with Gasteiger partial charge in [-0.05, 0) is 19.4 Å². The molecule has 22 heavy (non-hydrogen) atoms. The number of ether oxygens (including phenoxy) is 1. The van der Waals surface area contributed by atoms with E-state index in [0.717, 1.165) is 5.56 Å². The molecule has 0 aliphatic rings. The Kier molecular flexibility index (Phi) is 8.96. The zero-order valence-corrected chi connectivity index (χ0v) is 12.4. The van der Waals surface area contributed by atoms with Crippen molar-refractivity contribution in [2.45, 2.75) is 32.5 Å². The summed E-state index contributed by atoms with van der Waals surface area (Å²) in [5, 5.41) is 18.6. The Labute approximate surface area is 127 Å². The maximum Gasteiger partial charge on any atom is 0.408 e. The Morgan fingerprint density at radius 2 is 1.64 bits per heavy atom. The fourth-order valence-corrected chi connectivity index (χ4v) is 1.00. The lowest BCUT2D eigenvalue weighted by Gasteiger charge is -2.09. The molecule has 1 rings (SSSR count). The van der Waals surface area contributed by atoms with Gasteiger partial charge in [0.2, 0.25) is 0 Å². The number of hydrogen-bond donors (Lipinski definition) is 4. The number of carboxylic acids is 2. The molecule has 8 nitrogen and oxygen atoms in total. The van der Waals surface area contributed by atoms with Crippen molar-refractivity contribution in [1.29, 1.82) is 0 Å². The minimum absolute atomic E-state index is 0.124. The molecule has 0 fully saturated rings. The predicted octanol–water partition coefficient (Wildman–Crippen LogP) is 0.804. The standard InChI is InChI=1S/C11H13NO4.C3H7NO2/c1-8(10(13)14)12-11(15)16-7-9-5-3-2-4-6-9;1-2(4)3(5)6/h2-6,8H,7H2,1H3,(H,12,15)(H,13,14);2H,4H2,1H3,(H,5,6)/t8-;2-/m00/s1. The smallest absolute Gasteiger partial charge is 0.408 e. The molecule has 122 valence electrons. The summed E-state index contributed by atoms with van der Waals surface area (Å²) in [5.74, 6) is -2.06. The normalized spacial score (nSPS) is 12.1. The van der Waals surface area contributed by atoms with Gasteiger partial charge in [0.25, 0.3) is 0 Å². The number of nitrogens with one attached hydrogen (secondary N) is 1. The van der Waals surface area contributed by atoms with E-state index in [-0.39, 0.29) is 6.61 Å². The van der Waals surface area contributed by atoms with Crippen molar-refractivity contribution in [2.24, 2.45) is 5.73 Å². The second-order valence-corrected chi connectivity index (χ2v) is 4.39. The van der Waals surface area contributed by atoms with Gasteiger partial charge >= 0.3 is 18.0 Å². The minimum atomic E-state index is -1.10. The van der Waals surface area contributed by atoms with Gasteiger partial charge < -0.3 is 26.0 Å². The summed E-state index contributed by atoms with van der Waals surface area (Å²) in [6.07, 6.45) is -0.737. The fourth-order valence-electron chi connectivity index (χ4n) is 1.00. The molecule has 0 radical (unpaired) electrons. The second-order valence-electron chi connectivity index (χ2n) is 4.39. The highest BCUT2D eigenvalue weighted by Gasteiger charge is 2.14. The Balaban J connectivity index is 0.000000626. The van der Waals surface area contributed by atoms with E-state index < -0.39 is 30.1 Å². The van der Waals surface area contributed by atoms with Crippen LogP contribution in [0.15, 0.2) is 30.3 Å². The first kappa shape index (κ1) is 19.4. The molecule has 1 aromatic carbocycles. The Hall–Kier alpha value is -2.61. The molecule has 0 spiro atoms. The van der Waals surface area contributed by atoms with Gasteiger partial charge in [-0.1, -0.05) is 30.3 Å². The van der Waals surface area contributed by atoms with Gasteiger partial charge in [-0.15, -0.1) is 0 Å². The maximum atomic E-state index is 11.1. The van der Waals surface area contributed by atoms with Crippen molar-refractivity contribution >= 4 is 18.0 Å². The van der Waals surface area contributed by atoms with Crippen LogP contribution in [-0.2, 0) is 20.9 Å². The zero-order chi connectivity index (χ0) is 17.1. The number of amides is 1. The highest BCUT2D eigenvalue weighted by Crippen LogP contribution is 2.00. The van der Waals surface area contributed by atoms with E-state index in [4.69, 9.17) is 20.7 Å². The largest absolute Gasteiger partial charge is 0.480 e. The lowest BCUT2D eigenvalue weighted by molar-refractivity contribution is -0.139. The monoisotopic (exact) mass is 312 g/mol. The molecule has 2 atom stereocenters. The third-order valence-corrected chi connectivity index (χ3v) is 2.31. The molecule has 0 aliphatic heterocycles. The average Bonchev–Trinajstić information content (AvgIpc) is 2.46. The summed E-state index contributed by atoms with van der Waals surface area (Å²) in [6.45, 7) is 2.91. The van der Waals surface area contributed by atoms with E-state index in [2.05, 4.69) is 5.32 Å². The lowest BCUT2D eigenvalue weighted by atomic mass is 10.2. The summed E-state index contributed by atoms with van der Waals surface area (Å²) in [7, 11) is 0. The third-order valence-electron chi connectivity index (χ3n) is 2.31. The van der Waals surface area contributed by atoms with Crippen LogP contribution in [0.4, 0.5) is 4.79 Å². The molecule has 0 saturated heterocycles. The van der Waals surface area contributed by atoms with E-state index in [9.17, 15) is 14.4 Å². The average molecular weight is 312 g/mol. The number of rotatable bonds is 5. The molecule has 1 amide bonds. The number of carbonyl (C=O) groups excluding carboxylic acids is 1. The third kappa shape index (κ3) is 9.32. The van der Waals surface area contributed by atoms with Crippen molar-refractivity contribution in [3.8, 4) is 0 Å².